The second kappa shape index (κ2) is 9.05. The fourth-order valence-electron chi connectivity index (χ4n) is 2.56. The quantitative estimate of drug-likeness (QED) is 0.521. The molecule has 0 atom stereocenters. The SMILES string of the molecule is Cc1cccc(C(C)C)c1NC(=O)CSc1nnc(NCc2ccco2)s1. The van der Waals surface area contributed by atoms with Gasteiger partial charge in [-0.2, -0.15) is 0 Å². The average Bonchev–Trinajstić information content (AvgIpc) is 3.31. The van der Waals surface area contributed by atoms with E-state index >= 15 is 0 Å². The average molecular weight is 403 g/mol. The number of aryl methyl sites for hydroxylation is 1. The van der Waals surface area contributed by atoms with Gasteiger partial charge in [-0.15, -0.1) is 10.2 Å². The summed E-state index contributed by atoms with van der Waals surface area (Å²) >= 11 is 2.80. The van der Waals surface area contributed by atoms with Crippen LogP contribution < -0.4 is 10.6 Å². The van der Waals surface area contributed by atoms with Crippen LogP contribution in [0.1, 0.15) is 36.7 Å². The third-order valence-electron chi connectivity index (χ3n) is 3.92. The van der Waals surface area contributed by atoms with Gasteiger partial charge >= 0.3 is 0 Å². The van der Waals surface area contributed by atoms with Gasteiger partial charge in [-0.1, -0.05) is 55.1 Å². The predicted molar refractivity (Wildman–Crippen MR) is 111 cm³/mol. The van der Waals surface area contributed by atoms with Gasteiger partial charge in [0.1, 0.15) is 5.76 Å². The van der Waals surface area contributed by atoms with Crippen molar-refractivity contribution >= 4 is 39.8 Å². The van der Waals surface area contributed by atoms with E-state index in [2.05, 4.69) is 40.7 Å². The van der Waals surface area contributed by atoms with E-state index in [1.165, 1.54) is 23.1 Å². The summed E-state index contributed by atoms with van der Waals surface area (Å²) in [5.41, 5.74) is 3.13. The summed E-state index contributed by atoms with van der Waals surface area (Å²) in [6.45, 7) is 6.81. The van der Waals surface area contributed by atoms with Crippen molar-refractivity contribution in [2.45, 2.75) is 37.6 Å². The molecule has 0 aliphatic carbocycles. The van der Waals surface area contributed by atoms with Crippen molar-refractivity contribution < 1.29 is 9.21 Å². The summed E-state index contributed by atoms with van der Waals surface area (Å²) in [6.07, 6.45) is 1.64. The zero-order chi connectivity index (χ0) is 19.2. The Morgan fingerprint density at radius 3 is 2.85 bits per heavy atom. The number of furan rings is 1. The maximum atomic E-state index is 12.4. The fraction of sp³-hybridized carbons (Fsp3) is 0.316. The molecule has 0 radical (unpaired) electrons. The van der Waals surface area contributed by atoms with E-state index in [1.54, 1.807) is 6.26 Å². The van der Waals surface area contributed by atoms with Crippen LogP contribution in [0.25, 0.3) is 0 Å². The largest absolute Gasteiger partial charge is 0.467 e. The maximum Gasteiger partial charge on any atom is 0.234 e. The fourth-order valence-corrected chi connectivity index (χ4v) is 4.11. The Bertz CT molecular complexity index is 891. The van der Waals surface area contributed by atoms with Crippen LogP contribution in [0.3, 0.4) is 0 Å². The molecule has 8 heteroatoms. The lowest BCUT2D eigenvalue weighted by Crippen LogP contribution is -2.16. The monoisotopic (exact) mass is 402 g/mol. The van der Waals surface area contributed by atoms with E-state index in [0.717, 1.165) is 26.9 Å². The standard InChI is InChI=1S/C19H22N4O2S2/c1-12(2)15-8-4-6-13(3)17(15)21-16(24)11-26-19-23-22-18(27-19)20-10-14-7-5-9-25-14/h4-9,12H,10-11H2,1-3H3,(H,20,22)(H,21,24). The van der Waals surface area contributed by atoms with Crippen molar-refractivity contribution in [1.82, 2.24) is 10.2 Å². The number of nitrogens with zero attached hydrogens (tertiary/aromatic N) is 2. The number of aromatic nitrogens is 2. The third-order valence-corrected chi connectivity index (χ3v) is 5.93. The molecule has 0 saturated heterocycles. The maximum absolute atomic E-state index is 12.4. The molecule has 0 aliphatic heterocycles. The van der Waals surface area contributed by atoms with Gasteiger partial charge < -0.3 is 15.1 Å². The van der Waals surface area contributed by atoms with Crippen molar-refractivity contribution in [3.8, 4) is 0 Å². The molecule has 2 aromatic heterocycles. The molecule has 0 saturated carbocycles. The molecule has 2 heterocycles. The lowest BCUT2D eigenvalue weighted by molar-refractivity contribution is -0.113. The van der Waals surface area contributed by atoms with Crippen LogP contribution in [-0.2, 0) is 11.3 Å². The molecular weight excluding hydrogens is 380 g/mol. The van der Waals surface area contributed by atoms with Gasteiger partial charge in [-0.05, 0) is 36.1 Å². The molecule has 0 spiro atoms. The minimum atomic E-state index is -0.0449. The molecule has 3 rings (SSSR count). The van der Waals surface area contributed by atoms with E-state index in [0.29, 0.717) is 23.3 Å². The first-order chi connectivity index (χ1) is 13.0. The van der Waals surface area contributed by atoms with Gasteiger partial charge in [0.2, 0.25) is 11.0 Å². The van der Waals surface area contributed by atoms with Gasteiger partial charge in [0.05, 0.1) is 18.6 Å². The van der Waals surface area contributed by atoms with Gasteiger partial charge in [0.15, 0.2) is 4.34 Å². The summed E-state index contributed by atoms with van der Waals surface area (Å²) < 4.78 is 6.02. The number of para-hydroxylation sites is 1. The minimum Gasteiger partial charge on any atom is -0.467 e. The molecule has 0 aliphatic rings. The van der Waals surface area contributed by atoms with Crippen LogP contribution in [0.4, 0.5) is 10.8 Å². The Balaban J connectivity index is 1.53. The number of rotatable bonds is 8. The van der Waals surface area contributed by atoms with Crippen molar-refractivity contribution in [2.75, 3.05) is 16.4 Å². The van der Waals surface area contributed by atoms with Crippen LogP contribution in [0.2, 0.25) is 0 Å². The number of amides is 1. The molecule has 3 aromatic rings. The molecule has 1 amide bonds. The number of carbonyl (C=O) groups excluding carboxylic acids is 1. The zero-order valence-corrected chi connectivity index (χ0v) is 17.1. The van der Waals surface area contributed by atoms with Crippen molar-refractivity contribution in [3.05, 3.63) is 53.5 Å². The number of carbonyl (C=O) groups is 1. The number of hydrogen-bond donors (Lipinski definition) is 2. The Hall–Kier alpha value is -2.32. The molecule has 0 unspecified atom stereocenters. The van der Waals surface area contributed by atoms with E-state index in [4.69, 9.17) is 4.42 Å². The summed E-state index contributed by atoms with van der Waals surface area (Å²) in [6, 6.07) is 9.83. The first-order valence-electron chi connectivity index (χ1n) is 8.65. The Kier molecular flexibility index (Phi) is 6.52. The summed E-state index contributed by atoms with van der Waals surface area (Å²) in [5.74, 6) is 1.42. The second-order valence-electron chi connectivity index (χ2n) is 6.34. The van der Waals surface area contributed by atoms with Crippen molar-refractivity contribution in [3.63, 3.8) is 0 Å². The summed E-state index contributed by atoms with van der Waals surface area (Å²) in [5, 5.41) is 15.1. The Morgan fingerprint density at radius 2 is 2.11 bits per heavy atom. The van der Waals surface area contributed by atoms with E-state index in [-0.39, 0.29) is 5.91 Å². The topological polar surface area (TPSA) is 80.0 Å². The highest BCUT2D eigenvalue weighted by molar-refractivity contribution is 8.01. The van der Waals surface area contributed by atoms with Crippen molar-refractivity contribution in [2.24, 2.45) is 0 Å². The molecular formula is C19H22N4O2S2. The number of hydrogen-bond acceptors (Lipinski definition) is 7. The number of benzene rings is 1. The second-order valence-corrected chi connectivity index (χ2v) is 8.54. The van der Waals surface area contributed by atoms with Crippen LogP contribution in [-0.4, -0.2) is 21.9 Å². The molecule has 2 N–H and O–H groups in total. The molecule has 27 heavy (non-hydrogen) atoms. The first-order valence-corrected chi connectivity index (χ1v) is 10.4. The number of thioether (sulfide) groups is 1. The van der Waals surface area contributed by atoms with Gasteiger partial charge in [0, 0.05) is 5.69 Å². The molecule has 0 fully saturated rings. The normalized spacial score (nSPS) is 11.0. The van der Waals surface area contributed by atoms with Gasteiger partial charge in [-0.25, -0.2) is 0 Å². The molecule has 142 valence electrons. The lowest BCUT2D eigenvalue weighted by atomic mass is 9.98. The predicted octanol–water partition coefficient (Wildman–Crippen LogP) is 4.91. The smallest absolute Gasteiger partial charge is 0.234 e. The number of nitrogens with one attached hydrogen (secondary N) is 2. The van der Waals surface area contributed by atoms with Gasteiger partial charge in [-0.3, -0.25) is 4.79 Å². The minimum absolute atomic E-state index is 0.0449. The van der Waals surface area contributed by atoms with E-state index < -0.39 is 0 Å². The van der Waals surface area contributed by atoms with Crippen molar-refractivity contribution in [1.29, 1.82) is 0 Å². The van der Waals surface area contributed by atoms with Gasteiger partial charge in [0.25, 0.3) is 0 Å². The Labute approximate surface area is 166 Å². The van der Waals surface area contributed by atoms with Crippen LogP contribution in [0, 0.1) is 6.92 Å². The summed E-state index contributed by atoms with van der Waals surface area (Å²) in [4.78, 5) is 12.4. The highest BCUT2D eigenvalue weighted by atomic mass is 32.2. The highest BCUT2D eigenvalue weighted by Crippen LogP contribution is 2.29. The van der Waals surface area contributed by atoms with E-state index in [9.17, 15) is 4.79 Å². The third kappa shape index (κ3) is 5.33. The Morgan fingerprint density at radius 1 is 1.26 bits per heavy atom. The number of anilines is 2. The zero-order valence-electron chi connectivity index (χ0n) is 15.5. The highest BCUT2D eigenvalue weighted by Gasteiger charge is 2.13. The lowest BCUT2D eigenvalue weighted by Gasteiger charge is -2.16. The first kappa shape index (κ1) is 19.4. The molecule has 6 nitrogen and oxygen atoms in total. The van der Waals surface area contributed by atoms with Crippen LogP contribution in [0.15, 0.2) is 45.4 Å². The van der Waals surface area contributed by atoms with Crippen LogP contribution >= 0.6 is 23.1 Å². The molecule has 0 bridgehead atoms. The molecule has 1 aromatic carbocycles. The van der Waals surface area contributed by atoms with E-state index in [1.807, 2.05) is 31.2 Å². The summed E-state index contributed by atoms with van der Waals surface area (Å²) in [7, 11) is 0. The van der Waals surface area contributed by atoms with Crippen LogP contribution in [0.5, 0.6) is 0 Å².